The molecule has 8 nitrogen and oxygen atoms in total. The quantitative estimate of drug-likeness (QED) is 0.794. The summed E-state index contributed by atoms with van der Waals surface area (Å²) in [5.41, 5.74) is 6.29. The number of aromatic nitrogens is 2. The van der Waals surface area contributed by atoms with Crippen LogP contribution in [0.1, 0.15) is 15.9 Å². The first-order valence-corrected chi connectivity index (χ1v) is 7.71. The van der Waals surface area contributed by atoms with Gasteiger partial charge in [-0.2, -0.15) is 5.10 Å². The Hall–Kier alpha value is -2.74. The maximum Gasteiger partial charge on any atom is 0.255 e. The second-order valence-corrected chi connectivity index (χ2v) is 5.84. The van der Waals surface area contributed by atoms with Gasteiger partial charge in [-0.05, 0) is 12.1 Å². The number of ether oxygens (including phenoxy) is 2. The van der Waals surface area contributed by atoms with Crippen molar-refractivity contribution in [2.45, 2.75) is 6.54 Å². The van der Waals surface area contributed by atoms with Gasteiger partial charge in [0.25, 0.3) is 11.8 Å². The molecule has 2 N–H and O–H groups in total. The summed E-state index contributed by atoms with van der Waals surface area (Å²) in [4.78, 5) is 25.0. The van der Waals surface area contributed by atoms with Crippen molar-refractivity contribution in [2.24, 2.45) is 12.8 Å². The van der Waals surface area contributed by atoms with Gasteiger partial charge >= 0.3 is 0 Å². The van der Waals surface area contributed by atoms with E-state index in [2.05, 4.69) is 5.10 Å². The molecule has 0 aliphatic rings. The number of hydrogen-bond acceptors (Lipinski definition) is 5. The van der Waals surface area contributed by atoms with E-state index in [0.29, 0.717) is 12.1 Å². The molecule has 0 fully saturated rings. The first-order valence-electron chi connectivity index (χ1n) is 7.33. The number of rotatable bonds is 7. The molecule has 9 heteroatoms. The average molecular weight is 367 g/mol. The Bertz CT molecular complexity index is 790. The summed E-state index contributed by atoms with van der Waals surface area (Å²) in [5.74, 6) is -0.485. The van der Waals surface area contributed by atoms with Crippen LogP contribution in [0.4, 0.5) is 0 Å². The van der Waals surface area contributed by atoms with Crippen molar-refractivity contribution >= 4 is 23.4 Å². The minimum Gasteiger partial charge on any atom is -0.493 e. The second kappa shape index (κ2) is 7.89. The van der Waals surface area contributed by atoms with Crippen molar-refractivity contribution in [3.63, 3.8) is 0 Å². The molecule has 0 atom stereocenters. The molecule has 0 bridgehead atoms. The van der Waals surface area contributed by atoms with Crippen molar-refractivity contribution in [3.05, 3.63) is 40.7 Å². The fourth-order valence-corrected chi connectivity index (χ4v) is 2.51. The highest BCUT2D eigenvalue weighted by molar-refractivity contribution is 6.32. The summed E-state index contributed by atoms with van der Waals surface area (Å²) in [5, 5.41) is 4.22. The van der Waals surface area contributed by atoms with Crippen molar-refractivity contribution < 1.29 is 19.1 Å². The Balaban J connectivity index is 2.21. The Labute approximate surface area is 150 Å². The fraction of sp³-hybridized carbons (Fsp3) is 0.312. The molecule has 0 spiro atoms. The molecule has 2 rings (SSSR count). The lowest BCUT2D eigenvalue weighted by Crippen LogP contribution is -2.26. The van der Waals surface area contributed by atoms with Gasteiger partial charge in [-0.25, -0.2) is 0 Å². The fourth-order valence-electron chi connectivity index (χ4n) is 2.25. The first-order chi connectivity index (χ1) is 11.8. The largest absolute Gasteiger partial charge is 0.493 e. The van der Waals surface area contributed by atoms with Gasteiger partial charge in [-0.15, -0.1) is 0 Å². The van der Waals surface area contributed by atoms with Crippen LogP contribution in [0.5, 0.6) is 11.5 Å². The standard InChI is InChI=1S/C16H19ClN4O4/c1-20(7-10-6-19-21(2)8-10)16(23)11-4-12(17)15(13(5-11)24-3)25-9-14(18)22/h4-6,8H,7,9H2,1-3H3,(H2,18,22). The maximum atomic E-state index is 12.6. The molecule has 0 saturated carbocycles. The first kappa shape index (κ1) is 18.6. The van der Waals surface area contributed by atoms with Crippen LogP contribution in [0.25, 0.3) is 0 Å². The number of benzene rings is 1. The van der Waals surface area contributed by atoms with Crippen molar-refractivity contribution in [1.29, 1.82) is 0 Å². The highest BCUT2D eigenvalue weighted by atomic mass is 35.5. The minimum atomic E-state index is -0.644. The minimum absolute atomic E-state index is 0.152. The monoisotopic (exact) mass is 366 g/mol. The van der Waals surface area contributed by atoms with Crippen LogP contribution in [-0.4, -0.2) is 47.3 Å². The average Bonchev–Trinajstić information content (AvgIpc) is 2.96. The van der Waals surface area contributed by atoms with Crippen LogP contribution < -0.4 is 15.2 Å². The van der Waals surface area contributed by atoms with Gasteiger partial charge in [0.2, 0.25) is 0 Å². The molecule has 1 aromatic heterocycles. The van der Waals surface area contributed by atoms with E-state index in [9.17, 15) is 9.59 Å². The predicted molar refractivity (Wildman–Crippen MR) is 91.7 cm³/mol. The van der Waals surface area contributed by atoms with Gasteiger partial charge in [0.15, 0.2) is 18.1 Å². The number of hydrogen-bond donors (Lipinski definition) is 1. The number of aryl methyl sites for hydroxylation is 1. The molecule has 0 aliphatic carbocycles. The number of methoxy groups -OCH3 is 1. The van der Waals surface area contributed by atoms with Gasteiger partial charge in [-0.1, -0.05) is 11.6 Å². The number of nitrogens with two attached hydrogens (primary N) is 1. The lowest BCUT2D eigenvalue weighted by atomic mass is 10.1. The number of primary amides is 1. The number of halogens is 1. The Morgan fingerprint density at radius 2 is 2.12 bits per heavy atom. The number of amides is 2. The third-order valence-corrected chi connectivity index (χ3v) is 3.64. The molecular formula is C16H19ClN4O4. The van der Waals surface area contributed by atoms with Crippen LogP contribution in [0, 0.1) is 0 Å². The Morgan fingerprint density at radius 3 is 2.68 bits per heavy atom. The van der Waals surface area contributed by atoms with E-state index in [1.54, 1.807) is 25.0 Å². The van der Waals surface area contributed by atoms with Crippen molar-refractivity contribution in [2.75, 3.05) is 20.8 Å². The molecule has 134 valence electrons. The molecule has 2 amide bonds. The van der Waals surface area contributed by atoms with Crippen LogP contribution in [0.15, 0.2) is 24.5 Å². The van der Waals surface area contributed by atoms with Crippen molar-refractivity contribution in [1.82, 2.24) is 14.7 Å². The normalized spacial score (nSPS) is 10.4. The van der Waals surface area contributed by atoms with Gasteiger partial charge < -0.3 is 20.1 Å². The molecule has 0 unspecified atom stereocenters. The smallest absolute Gasteiger partial charge is 0.255 e. The highest BCUT2D eigenvalue weighted by Crippen LogP contribution is 2.36. The van der Waals surface area contributed by atoms with E-state index >= 15 is 0 Å². The lowest BCUT2D eigenvalue weighted by molar-refractivity contribution is -0.119. The second-order valence-electron chi connectivity index (χ2n) is 5.43. The third kappa shape index (κ3) is 4.63. The molecule has 0 aliphatic heterocycles. The molecule has 25 heavy (non-hydrogen) atoms. The highest BCUT2D eigenvalue weighted by Gasteiger charge is 2.19. The van der Waals surface area contributed by atoms with Crippen LogP contribution in [0.2, 0.25) is 5.02 Å². The number of carbonyl (C=O) groups excluding carboxylic acids is 2. The summed E-state index contributed by atoms with van der Waals surface area (Å²) >= 11 is 6.17. The third-order valence-electron chi connectivity index (χ3n) is 3.36. The topological polar surface area (TPSA) is 99.7 Å². The van der Waals surface area contributed by atoms with Crippen LogP contribution >= 0.6 is 11.6 Å². The van der Waals surface area contributed by atoms with E-state index in [4.69, 9.17) is 26.8 Å². The summed E-state index contributed by atoms with van der Waals surface area (Å²) < 4.78 is 12.1. The van der Waals surface area contributed by atoms with E-state index in [1.165, 1.54) is 24.1 Å². The van der Waals surface area contributed by atoms with E-state index in [1.807, 2.05) is 6.20 Å². The molecular weight excluding hydrogens is 348 g/mol. The van der Waals surface area contributed by atoms with Gasteiger partial charge in [-0.3, -0.25) is 14.3 Å². The summed E-state index contributed by atoms with van der Waals surface area (Å²) in [6.45, 7) is 0.0524. The van der Waals surface area contributed by atoms with E-state index in [-0.39, 0.29) is 29.0 Å². The molecule has 1 heterocycles. The Morgan fingerprint density at radius 1 is 1.40 bits per heavy atom. The SMILES string of the molecule is COc1cc(C(=O)N(C)Cc2cnn(C)c2)cc(Cl)c1OCC(N)=O. The Kier molecular flexibility index (Phi) is 5.87. The lowest BCUT2D eigenvalue weighted by Gasteiger charge is -2.18. The summed E-state index contributed by atoms with van der Waals surface area (Å²) in [7, 11) is 4.89. The van der Waals surface area contributed by atoms with Gasteiger partial charge in [0.05, 0.1) is 18.3 Å². The number of nitrogens with zero attached hydrogens (tertiary/aromatic N) is 3. The van der Waals surface area contributed by atoms with E-state index < -0.39 is 5.91 Å². The molecule has 0 radical (unpaired) electrons. The number of carbonyl (C=O) groups is 2. The van der Waals surface area contributed by atoms with Crippen LogP contribution in [0.3, 0.4) is 0 Å². The van der Waals surface area contributed by atoms with E-state index in [0.717, 1.165) is 5.56 Å². The summed E-state index contributed by atoms with van der Waals surface area (Å²) in [6, 6.07) is 2.97. The zero-order chi connectivity index (χ0) is 18.6. The van der Waals surface area contributed by atoms with Gasteiger partial charge in [0.1, 0.15) is 0 Å². The zero-order valence-corrected chi connectivity index (χ0v) is 14.9. The maximum absolute atomic E-state index is 12.6. The molecule has 2 aromatic rings. The zero-order valence-electron chi connectivity index (χ0n) is 14.2. The molecule has 1 aromatic carbocycles. The van der Waals surface area contributed by atoms with Crippen LogP contribution in [-0.2, 0) is 18.4 Å². The predicted octanol–water partition coefficient (Wildman–Crippen LogP) is 1.22. The van der Waals surface area contributed by atoms with Crippen molar-refractivity contribution in [3.8, 4) is 11.5 Å². The summed E-state index contributed by atoms with van der Waals surface area (Å²) in [6.07, 6.45) is 3.52. The van der Waals surface area contributed by atoms with Gasteiger partial charge in [0, 0.05) is 38.0 Å². The molecule has 0 saturated heterocycles.